The predicted molar refractivity (Wildman–Crippen MR) is 61.7 cm³/mol. The highest BCUT2D eigenvalue weighted by Crippen LogP contribution is 2.29. The molecule has 2 rings (SSSR count). The molecule has 0 atom stereocenters. The average Bonchev–Trinajstić information content (AvgIpc) is 2.57. The number of phenols is 1. The number of fused-ring (bicyclic) bond motifs is 1. The van der Waals surface area contributed by atoms with Gasteiger partial charge in [-0.15, -0.1) is 0 Å². The molecule has 1 aromatic heterocycles. The fourth-order valence-corrected chi connectivity index (χ4v) is 1.60. The van der Waals surface area contributed by atoms with Crippen molar-refractivity contribution in [3.05, 3.63) is 30.0 Å². The van der Waals surface area contributed by atoms with E-state index in [4.69, 9.17) is 4.42 Å². The van der Waals surface area contributed by atoms with Crippen LogP contribution in [0.25, 0.3) is 11.0 Å². The van der Waals surface area contributed by atoms with Crippen LogP contribution in [0, 0.1) is 5.41 Å². The molecule has 0 amide bonds. The topological polar surface area (TPSA) is 50.4 Å². The van der Waals surface area contributed by atoms with E-state index in [2.05, 4.69) is 0 Å². The van der Waals surface area contributed by atoms with Gasteiger partial charge in [-0.05, 0) is 12.1 Å². The lowest BCUT2D eigenvalue weighted by molar-refractivity contribution is 0.0859. The van der Waals surface area contributed by atoms with Gasteiger partial charge in [-0.1, -0.05) is 20.8 Å². The molecule has 0 aliphatic rings. The maximum atomic E-state index is 12.1. The lowest BCUT2D eigenvalue weighted by Gasteiger charge is -2.15. The molecule has 3 nitrogen and oxygen atoms in total. The first kappa shape index (κ1) is 10.7. The van der Waals surface area contributed by atoms with Gasteiger partial charge in [0.15, 0.2) is 5.78 Å². The second-order valence-corrected chi connectivity index (χ2v) is 4.91. The Kier molecular flexibility index (Phi) is 2.26. The van der Waals surface area contributed by atoms with Crippen molar-refractivity contribution in [1.29, 1.82) is 0 Å². The minimum absolute atomic E-state index is 0.0388. The summed E-state index contributed by atoms with van der Waals surface area (Å²) in [6.45, 7) is 5.61. The first-order valence-electron chi connectivity index (χ1n) is 5.14. The van der Waals surface area contributed by atoms with Crippen molar-refractivity contribution >= 4 is 16.8 Å². The Morgan fingerprint density at radius 3 is 2.62 bits per heavy atom. The smallest absolute Gasteiger partial charge is 0.172 e. The molecule has 0 spiro atoms. The van der Waals surface area contributed by atoms with E-state index in [0.29, 0.717) is 11.1 Å². The molecule has 0 aliphatic heterocycles. The van der Waals surface area contributed by atoms with E-state index in [1.54, 1.807) is 12.1 Å². The number of rotatable bonds is 1. The molecule has 0 bridgehead atoms. The Hall–Kier alpha value is -1.77. The monoisotopic (exact) mass is 218 g/mol. The first-order chi connectivity index (χ1) is 7.39. The Morgan fingerprint density at radius 2 is 2.00 bits per heavy atom. The summed E-state index contributed by atoms with van der Waals surface area (Å²) in [4.78, 5) is 12.1. The predicted octanol–water partition coefficient (Wildman–Crippen LogP) is 3.37. The molecule has 0 fully saturated rings. The summed E-state index contributed by atoms with van der Waals surface area (Å²) in [5.74, 6) is 0.175. The largest absolute Gasteiger partial charge is 0.508 e. The van der Waals surface area contributed by atoms with E-state index >= 15 is 0 Å². The third kappa shape index (κ3) is 1.69. The molecular formula is C13H14O3. The summed E-state index contributed by atoms with van der Waals surface area (Å²) in [5.41, 5.74) is 0.671. The number of aromatic hydroxyl groups is 1. The van der Waals surface area contributed by atoms with Crippen LogP contribution in [0.5, 0.6) is 5.75 Å². The maximum Gasteiger partial charge on any atom is 0.172 e. The van der Waals surface area contributed by atoms with Crippen molar-refractivity contribution in [3.63, 3.8) is 0 Å². The average molecular weight is 218 g/mol. The molecule has 0 unspecified atom stereocenters. The number of Topliss-reactive ketones (excluding diaryl/α,β-unsaturated/α-hetero) is 1. The Balaban J connectivity index is 2.59. The van der Waals surface area contributed by atoms with Gasteiger partial charge in [0.2, 0.25) is 0 Å². The highest BCUT2D eigenvalue weighted by atomic mass is 16.3. The van der Waals surface area contributed by atoms with Gasteiger partial charge in [0.25, 0.3) is 0 Å². The molecule has 0 radical (unpaired) electrons. The van der Waals surface area contributed by atoms with Crippen LogP contribution in [0.15, 0.2) is 28.9 Å². The zero-order valence-corrected chi connectivity index (χ0v) is 9.57. The number of hydrogen-bond donors (Lipinski definition) is 1. The Morgan fingerprint density at radius 1 is 1.31 bits per heavy atom. The first-order valence-corrected chi connectivity index (χ1v) is 5.14. The fourth-order valence-electron chi connectivity index (χ4n) is 1.60. The molecule has 0 aliphatic carbocycles. The molecular weight excluding hydrogens is 204 g/mol. The van der Waals surface area contributed by atoms with Gasteiger partial charge in [0, 0.05) is 16.9 Å². The standard InChI is InChI=1S/C13H14O3/c1-13(2,3)12(15)10-7-16-11-6-8(14)4-5-9(10)11/h4-7,14H,1-3H3. The highest BCUT2D eigenvalue weighted by Gasteiger charge is 2.26. The fraction of sp³-hybridized carbons (Fsp3) is 0.308. The second kappa shape index (κ2) is 3.37. The molecule has 1 N–H and O–H groups in total. The van der Waals surface area contributed by atoms with Crippen LogP contribution < -0.4 is 0 Å². The molecule has 1 heterocycles. The maximum absolute atomic E-state index is 12.1. The Bertz CT molecular complexity index is 544. The molecule has 0 saturated heterocycles. The van der Waals surface area contributed by atoms with Gasteiger partial charge in [0.05, 0.1) is 5.56 Å². The minimum atomic E-state index is -0.436. The molecule has 2 aromatic rings. The van der Waals surface area contributed by atoms with Gasteiger partial charge in [0.1, 0.15) is 17.6 Å². The number of phenolic OH excluding ortho intramolecular Hbond substituents is 1. The summed E-state index contributed by atoms with van der Waals surface area (Å²) in [6, 6.07) is 4.76. The van der Waals surface area contributed by atoms with E-state index in [-0.39, 0.29) is 11.5 Å². The Labute approximate surface area is 93.7 Å². The lowest BCUT2D eigenvalue weighted by Crippen LogP contribution is -2.19. The van der Waals surface area contributed by atoms with Crippen LogP contribution in [0.4, 0.5) is 0 Å². The third-order valence-corrected chi connectivity index (χ3v) is 2.48. The van der Waals surface area contributed by atoms with Gasteiger partial charge in [-0.25, -0.2) is 0 Å². The van der Waals surface area contributed by atoms with Crippen LogP contribution >= 0.6 is 0 Å². The lowest BCUT2D eigenvalue weighted by atomic mass is 9.86. The van der Waals surface area contributed by atoms with Crippen LogP contribution in [-0.4, -0.2) is 10.9 Å². The number of carbonyl (C=O) groups excluding carboxylic acids is 1. The number of carbonyl (C=O) groups is 1. The number of ketones is 1. The number of hydrogen-bond acceptors (Lipinski definition) is 3. The van der Waals surface area contributed by atoms with Gasteiger partial charge < -0.3 is 9.52 Å². The van der Waals surface area contributed by atoms with Crippen molar-refractivity contribution < 1.29 is 14.3 Å². The van der Waals surface area contributed by atoms with Crippen LogP contribution in [0.2, 0.25) is 0 Å². The van der Waals surface area contributed by atoms with E-state index < -0.39 is 5.41 Å². The quantitative estimate of drug-likeness (QED) is 0.746. The van der Waals surface area contributed by atoms with Crippen molar-refractivity contribution in [2.75, 3.05) is 0 Å². The van der Waals surface area contributed by atoms with Crippen LogP contribution in [0.1, 0.15) is 31.1 Å². The summed E-state index contributed by atoms with van der Waals surface area (Å²) in [7, 11) is 0. The van der Waals surface area contributed by atoms with Gasteiger partial charge in [-0.3, -0.25) is 4.79 Å². The summed E-state index contributed by atoms with van der Waals surface area (Å²) in [6.07, 6.45) is 1.46. The van der Waals surface area contributed by atoms with Crippen molar-refractivity contribution in [3.8, 4) is 5.75 Å². The van der Waals surface area contributed by atoms with Crippen molar-refractivity contribution in [2.45, 2.75) is 20.8 Å². The summed E-state index contributed by atoms with van der Waals surface area (Å²) < 4.78 is 5.27. The second-order valence-electron chi connectivity index (χ2n) is 4.91. The van der Waals surface area contributed by atoms with Crippen molar-refractivity contribution in [1.82, 2.24) is 0 Å². The third-order valence-electron chi connectivity index (χ3n) is 2.48. The number of benzene rings is 1. The SMILES string of the molecule is CC(C)(C)C(=O)c1coc2cc(O)ccc12. The summed E-state index contributed by atoms with van der Waals surface area (Å²) >= 11 is 0. The van der Waals surface area contributed by atoms with E-state index in [1.807, 2.05) is 20.8 Å². The van der Waals surface area contributed by atoms with Crippen LogP contribution in [0.3, 0.4) is 0 Å². The van der Waals surface area contributed by atoms with Crippen LogP contribution in [-0.2, 0) is 0 Å². The van der Waals surface area contributed by atoms with E-state index in [9.17, 15) is 9.90 Å². The molecule has 16 heavy (non-hydrogen) atoms. The van der Waals surface area contributed by atoms with E-state index in [0.717, 1.165) is 5.39 Å². The molecule has 3 heteroatoms. The number of furan rings is 1. The molecule has 1 aromatic carbocycles. The zero-order valence-electron chi connectivity index (χ0n) is 9.57. The highest BCUT2D eigenvalue weighted by molar-refractivity contribution is 6.09. The molecule has 84 valence electrons. The normalized spacial score (nSPS) is 11.9. The summed E-state index contributed by atoms with van der Waals surface area (Å²) in [5, 5.41) is 10.0. The van der Waals surface area contributed by atoms with Crippen molar-refractivity contribution in [2.24, 2.45) is 5.41 Å². The van der Waals surface area contributed by atoms with E-state index in [1.165, 1.54) is 12.3 Å². The zero-order chi connectivity index (χ0) is 11.9. The van der Waals surface area contributed by atoms with Gasteiger partial charge >= 0.3 is 0 Å². The molecule has 0 saturated carbocycles. The minimum Gasteiger partial charge on any atom is -0.508 e. The van der Waals surface area contributed by atoms with Gasteiger partial charge in [-0.2, -0.15) is 0 Å².